The topological polar surface area (TPSA) is 59.3 Å². The fourth-order valence-corrected chi connectivity index (χ4v) is 2.84. The number of amides is 1. The molecule has 1 unspecified atom stereocenters. The van der Waals surface area contributed by atoms with Crippen molar-refractivity contribution in [3.05, 3.63) is 41.9 Å². The SMILES string of the molecule is Cc1cc2ncc(CCCNC(=O)C3CC=CCC3)cn2n1. The standard InChI is InChI=1S/C17H22N4O/c1-13-10-16-19-11-14(12-21(16)20-13)6-5-9-18-17(22)15-7-3-2-4-8-15/h2-3,10-12,15H,4-9H2,1H3,(H,18,22). The zero-order valence-electron chi connectivity index (χ0n) is 13.0. The maximum absolute atomic E-state index is 12.0. The average Bonchev–Trinajstić information content (AvgIpc) is 2.91. The molecule has 3 rings (SSSR count). The Morgan fingerprint density at radius 3 is 3.18 bits per heavy atom. The van der Waals surface area contributed by atoms with Crippen molar-refractivity contribution >= 4 is 11.6 Å². The van der Waals surface area contributed by atoms with E-state index in [-0.39, 0.29) is 11.8 Å². The fourth-order valence-electron chi connectivity index (χ4n) is 2.84. The van der Waals surface area contributed by atoms with E-state index in [0.29, 0.717) is 0 Å². The minimum Gasteiger partial charge on any atom is -0.356 e. The maximum atomic E-state index is 12.0. The second kappa shape index (κ2) is 6.73. The van der Waals surface area contributed by atoms with Gasteiger partial charge >= 0.3 is 0 Å². The van der Waals surface area contributed by atoms with Crippen LogP contribution in [0.15, 0.2) is 30.6 Å². The van der Waals surface area contributed by atoms with Crippen LogP contribution in [-0.4, -0.2) is 27.0 Å². The largest absolute Gasteiger partial charge is 0.356 e. The number of aryl methyl sites for hydroxylation is 2. The van der Waals surface area contributed by atoms with Crippen LogP contribution in [0, 0.1) is 12.8 Å². The van der Waals surface area contributed by atoms with Crippen molar-refractivity contribution in [1.82, 2.24) is 19.9 Å². The van der Waals surface area contributed by atoms with Crippen molar-refractivity contribution in [3.8, 4) is 0 Å². The molecule has 1 amide bonds. The van der Waals surface area contributed by atoms with Crippen molar-refractivity contribution in [2.45, 2.75) is 39.0 Å². The van der Waals surface area contributed by atoms with E-state index in [0.717, 1.165) is 55.6 Å². The third kappa shape index (κ3) is 3.53. The van der Waals surface area contributed by atoms with E-state index >= 15 is 0 Å². The van der Waals surface area contributed by atoms with Gasteiger partial charge in [0.25, 0.3) is 0 Å². The first-order valence-electron chi connectivity index (χ1n) is 7.96. The van der Waals surface area contributed by atoms with Gasteiger partial charge in [0, 0.05) is 30.9 Å². The molecule has 0 aromatic carbocycles. The molecule has 1 aliphatic carbocycles. The number of carbonyl (C=O) groups excluding carboxylic acids is 1. The predicted octanol–water partition coefficient (Wildman–Crippen LogP) is 2.44. The summed E-state index contributed by atoms with van der Waals surface area (Å²) in [6.45, 7) is 2.68. The Balaban J connectivity index is 1.45. The van der Waals surface area contributed by atoms with Crippen LogP contribution in [0.25, 0.3) is 5.65 Å². The molecule has 0 spiro atoms. The van der Waals surface area contributed by atoms with Gasteiger partial charge in [0.2, 0.25) is 5.91 Å². The highest BCUT2D eigenvalue weighted by Crippen LogP contribution is 2.17. The Kier molecular flexibility index (Phi) is 4.51. The lowest BCUT2D eigenvalue weighted by atomic mass is 9.94. The molecule has 0 saturated carbocycles. The monoisotopic (exact) mass is 298 g/mol. The molecule has 5 heteroatoms. The first kappa shape index (κ1) is 14.8. The second-order valence-electron chi connectivity index (χ2n) is 5.93. The Morgan fingerprint density at radius 1 is 1.45 bits per heavy atom. The minimum atomic E-state index is 0.162. The Bertz CT molecular complexity index is 689. The van der Waals surface area contributed by atoms with Crippen LogP contribution in [0.4, 0.5) is 0 Å². The van der Waals surface area contributed by atoms with Crippen molar-refractivity contribution in [3.63, 3.8) is 0 Å². The number of rotatable bonds is 5. The molecular formula is C17H22N4O. The van der Waals surface area contributed by atoms with Crippen molar-refractivity contribution in [2.75, 3.05) is 6.54 Å². The highest BCUT2D eigenvalue weighted by molar-refractivity contribution is 5.78. The van der Waals surface area contributed by atoms with E-state index in [9.17, 15) is 4.79 Å². The lowest BCUT2D eigenvalue weighted by Gasteiger charge is -2.17. The molecule has 0 bridgehead atoms. The van der Waals surface area contributed by atoms with Gasteiger partial charge in [0.05, 0.1) is 5.69 Å². The van der Waals surface area contributed by atoms with E-state index < -0.39 is 0 Å². The number of fused-ring (bicyclic) bond motifs is 1. The smallest absolute Gasteiger partial charge is 0.223 e. The van der Waals surface area contributed by atoms with Crippen molar-refractivity contribution < 1.29 is 4.79 Å². The lowest BCUT2D eigenvalue weighted by Crippen LogP contribution is -2.32. The molecule has 1 atom stereocenters. The highest BCUT2D eigenvalue weighted by atomic mass is 16.1. The zero-order chi connectivity index (χ0) is 15.4. The normalized spacial score (nSPS) is 17.8. The summed E-state index contributed by atoms with van der Waals surface area (Å²) < 4.78 is 1.82. The number of aromatic nitrogens is 3. The van der Waals surface area contributed by atoms with Gasteiger partial charge in [-0.25, -0.2) is 9.50 Å². The first-order valence-corrected chi connectivity index (χ1v) is 7.96. The molecule has 0 fully saturated rings. The number of hydrogen-bond acceptors (Lipinski definition) is 3. The quantitative estimate of drug-likeness (QED) is 0.681. The van der Waals surface area contributed by atoms with Crippen LogP contribution in [0.5, 0.6) is 0 Å². The van der Waals surface area contributed by atoms with E-state index in [4.69, 9.17) is 0 Å². The summed E-state index contributed by atoms with van der Waals surface area (Å²) in [5.74, 6) is 0.357. The Hall–Kier alpha value is -2.17. The first-order chi connectivity index (χ1) is 10.7. The van der Waals surface area contributed by atoms with E-state index in [2.05, 4.69) is 27.6 Å². The summed E-state index contributed by atoms with van der Waals surface area (Å²) in [5, 5.41) is 7.42. The molecular weight excluding hydrogens is 276 g/mol. The van der Waals surface area contributed by atoms with Crippen molar-refractivity contribution in [2.24, 2.45) is 5.92 Å². The van der Waals surface area contributed by atoms with Gasteiger partial charge in [-0.1, -0.05) is 12.2 Å². The lowest BCUT2D eigenvalue weighted by molar-refractivity contribution is -0.125. The summed E-state index contributed by atoms with van der Waals surface area (Å²) in [5.41, 5.74) is 2.99. The van der Waals surface area contributed by atoms with Gasteiger partial charge in [-0.3, -0.25) is 4.79 Å². The molecule has 1 N–H and O–H groups in total. The molecule has 116 valence electrons. The molecule has 1 aliphatic rings. The van der Waals surface area contributed by atoms with Crippen LogP contribution in [0.3, 0.4) is 0 Å². The third-order valence-corrected chi connectivity index (χ3v) is 4.07. The van der Waals surface area contributed by atoms with Crippen LogP contribution in [-0.2, 0) is 11.2 Å². The number of nitrogens with zero attached hydrogens (tertiary/aromatic N) is 3. The summed E-state index contributed by atoms with van der Waals surface area (Å²) in [6, 6.07) is 1.96. The maximum Gasteiger partial charge on any atom is 0.223 e. The van der Waals surface area contributed by atoms with E-state index in [1.807, 2.05) is 29.9 Å². The van der Waals surface area contributed by atoms with E-state index in [1.165, 1.54) is 0 Å². The molecule has 22 heavy (non-hydrogen) atoms. The average molecular weight is 298 g/mol. The molecule has 2 aromatic heterocycles. The Labute approximate surface area is 130 Å². The zero-order valence-corrected chi connectivity index (χ0v) is 13.0. The number of carbonyl (C=O) groups is 1. The molecule has 0 saturated heterocycles. The molecule has 2 aromatic rings. The summed E-state index contributed by atoms with van der Waals surface area (Å²) in [6.07, 6.45) is 12.9. The molecule has 0 aliphatic heterocycles. The second-order valence-corrected chi connectivity index (χ2v) is 5.93. The number of allylic oxidation sites excluding steroid dienone is 2. The van der Waals surface area contributed by atoms with Crippen LogP contribution >= 0.6 is 0 Å². The van der Waals surface area contributed by atoms with Crippen LogP contribution in [0.2, 0.25) is 0 Å². The van der Waals surface area contributed by atoms with Gasteiger partial charge < -0.3 is 5.32 Å². The molecule has 2 heterocycles. The third-order valence-electron chi connectivity index (χ3n) is 4.07. The molecule has 5 nitrogen and oxygen atoms in total. The Morgan fingerprint density at radius 2 is 2.36 bits per heavy atom. The van der Waals surface area contributed by atoms with Gasteiger partial charge in [-0.05, 0) is 44.6 Å². The van der Waals surface area contributed by atoms with Gasteiger partial charge in [0.15, 0.2) is 5.65 Å². The van der Waals surface area contributed by atoms with E-state index in [1.54, 1.807) is 0 Å². The van der Waals surface area contributed by atoms with Crippen molar-refractivity contribution in [1.29, 1.82) is 0 Å². The van der Waals surface area contributed by atoms with Gasteiger partial charge in [0.1, 0.15) is 0 Å². The summed E-state index contributed by atoms with van der Waals surface area (Å²) in [7, 11) is 0. The molecule has 0 radical (unpaired) electrons. The van der Waals surface area contributed by atoms with Crippen LogP contribution in [0.1, 0.15) is 36.9 Å². The highest BCUT2D eigenvalue weighted by Gasteiger charge is 2.17. The minimum absolute atomic E-state index is 0.162. The van der Waals surface area contributed by atoms with Gasteiger partial charge in [-0.2, -0.15) is 5.10 Å². The summed E-state index contributed by atoms with van der Waals surface area (Å²) >= 11 is 0. The van der Waals surface area contributed by atoms with Crippen LogP contribution < -0.4 is 5.32 Å². The predicted molar refractivity (Wildman–Crippen MR) is 85.5 cm³/mol. The number of nitrogens with one attached hydrogen (secondary N) is 1. The van der Waals surface area contributed by atoms with Gasteiger partial charge in [-0.15, -0.1) is 0 Å². The number of hydrogen-bond donors (Lipinski definition) is 1. The fraction of sp³-hybridized carbons (Fsp3) is 0.471. The summed E-state index contributed by atoms with van der Waals surface area (Å²) in [4.78, 5) is 16.4.